The van der Waals surface area contributed by atoms with Crippen LogP contribution in [0.2, 0.25) is 0 Å². The van der Waals surface area contributed by atoms with Crippen molar-refractivity contribution < 1.29 is 9.15 Å². The number of aromatic nitrogens is 2. The van der Waals surface area contributed by atoms with E-state index in [4.69, 9.17) is 9.15 Å². The lowest BCUT2D eigenvalue weighted by Gasteiger charge is -2.01. The fraction of sp³-hybridized carbons (Fsp3) is 0.0952. The van der Waals surface area contributed by atoms with E-state index in [1.54, 1.807) is 13.3 Å². The molecule has 124 valence electrons. The first kappa shape index (κ1) is 15.4. The molecule has 0 unspecified atom stereocenters. The van der Waals surface area contributed by atoms with Gasteiger partial charge in [-0.15, -0.1) is 0 Å². The first-order valence-electron chi connectivity index (χ1n) is 8.11. The van der Waals surface area contributed by atoms with Gasteiger partial charge in [0, 0.05) is 30.3 Å². The van der Waals surface area contributed by atoms with Crippen LogP contribution in [0.25, 0.3) is 34.4 Å². The minimum absolute atomic E-state index is 0.495. The fourth-order valence-electron chi connectivity index (χ4n) is 2.91. The Bertz CT molecular complexity index is 1010. The summed E-state index contributed by atoms with van der Waals surface area (Å²) >= 11 is 0. The highest BCUT2D eigenvalue weighted by atomic mass is 16.5. The van der Waals surface area contributed by atoms with Crippen LogP contribution in [-0.2, 0) is 11.5 Å². The van der Waals surface area contributed by atoms with Crippen molar-refractivity contribution in [2.24, 2.45) is 0 Å². The summed E-state index contributed by atoms with van der Waals surface area (Å²) in [7, 11) is 1.69. The lowest BCUT2D eigenvalue weighted by molar-refractivity contribution is 0.135. The number of para-hydroxylation sites is 1. The van der Waals surface area contributed by atoms with Crippen molar-refractivity contribution in [1.82, 2.24) is 9.55 Å². The van der Waals surface area contributed by atoms with Gasteiger partial charge in [0.1, 0.15) is 6.73 Å². The van der Waals surface area contributed by atoms with Crippen molar-refractivity contribution in [2.45, 2.75) is 6.73 Å². The summed E-state index contributed by atoms with van der Waals surface area (Å²) in [4.78, 5) is 4.38. The predicted molar refractivity (Wildman–Crippen MR) is 99.8 cm³/mol. The molecule has 0 fully saturated rings. The van der Waals surface area contributed by atoms with Gasteiger partial charge in [0.25, 0.3) is 0 Å². The van der Waals surface area contributed by atoms with E-state index in [-0.39, 0.29) is 0 Å². The maximum atomic E-state index is 5.94. The Labute approximate surface area is 146 Å². The highest BCUT2D eigenvalue weighted by Crippen LogP contribution is 2.31. The van der Waals surface area contributed by atoms with Gasteiger partial charge in [-0.25, -0.2) is 4.98 Å². The van der Waals surface area contributed by atoms with E-state index >= 15 is 0 Å². The molecule has 2 aromatic heterocycles. The quantitative estimate of drug-likeness (QED) is 0.513. The van der Waals surface area contributed by atoms with E-state index in [1.165, 1.54) is 0 Å². The Kier molecular flexibility index (Phi) is 4.19. The Morgan fingerprint density at radius 1 is 1.04 bits per heavy atom. The summed E-state index contributed by atoms with van der Waals surface area (Å²) in [5.41, 5.74) is 3.23. The minimum atomic E-state index is 0.495. The molecule has 0 radical (unpaired) electrons. The number of rotatable bonds is 5. The van der Waals surface area contributed by atoms with Crippen molar-refractivity contribution in [3.63, 3.8) is 0 Å². The summed E-state index contributed by atoms with van der Waals surface area (Å²) in [6.07, 6.45) is 7.68. The molecule has 0 saturated carbocycles. The molecule has 0 bridgehead atoms. The number of benzene rings is 2. The first-order valence-corrected chi connectivity index (χ1v) is 8.11. The maximum Gasteiger partial charge on any atom is 0.219 e. The molecule has 0 saturated heterocycles. The van der Waals surface area contributed by atoms with Gasteiger partial charge in [-0.05, 0) is 17.7 Å². The number of nitrogens with zero attached hydrogens (tertiary/aromatic N) is 2. The monoisotopic (exact) mass is 330 g/mol. The van der Waals surface area contributed by atoms with E-state index in [0.29, 0.717) is 12.6 Å². The Balaban J connectivity index is 1.68. The van der Waals surface area contributed by atoms with Crippen molar-refractivity contribution >= 4 is 23.1 Å². The molecule has 4 rings (SSSR count). The van der Waals surface area contributed by atoms with Gasteiger partial charge >= 0.3 is 0 Å². The van der Waals surface area contributed by atoms with Gasteiger partial charge in [0.2, 0.25) is 5.89 Å². The average molecular weight is 330 g/mol. The predicted octanol–water partition coefficient (Wildman–Crippen LogP) is 5.07. The number of hydrogen-bond donors (Lipinski definition) is 0. The SMILES string of the molecule is COCn1cc(-c2cnc(/C=C/c3ccccc3)o2)c2ccccc21. The molecule has 25 heavy (non-hydrogen) atoms. The van der Waals surface area contributed by atoms with Crippen LogP contribution in [0, 0.1) is 0 Å². The smallest absolute Gasteiger partial charge is 0.219 e. The van der Waals surface area contributed by atoms with Crippen molar-refractivity contribution in [1.29, 1.82) is 0 Å². The lowest BCUT2D eigenvalue weighted by atomic mass is 10.1. The van der Waals surface area contributed by atoms with Gasteiger partial charge in [-0.1, -0.05) is 48.5 Å². The van der Waals surface area contributed by atoms with Crippen LogP contribution in [0.1, 0.15) is 11.5 Å². The zero-order valence-electron chi connectivity index (χ0n) is 13.9. The highest BCUT2D eigenvalue weighted by Gasteiger charge is 2.13. The summed E-state index contributed by atoms with van der Waals surface area (Å²) in [6, 6.07) is 18.3. The molecule has 4 heteroatoms. The van der Waals surface area contributed by atoms with E-state index < -0.39 is 0 Å². The van der Waals surface area contributed by atoms with Crippen LogP contribution in [0.3, 0.4) is 0 Å². The third kappa shape index (κ3) is 3.12. The van der Waals surface area contributed by atoms with Gasteiger partial charge in [-0.3, -0.25) is 0 Å². The van der Waals surface area contributed by atoms with Gasteiger partial charge in [0.15, 0.2) is 5.76 Å². The molecule has 0 atom stereocenters. The molecule has 0 aliphatic heterocycles. The number of oxazole rings is 1. The van der Waals surface area contributed by atoms with Gasteiger partial charge < -0.3 is 13.7 Å². The molecule has 2 heterocycles. The van der Waals surface area contributed by atoms with Crippen LogP contribution in [0.15, 0.2) is 71.4 Å². The number of fused-ring (bicyclic) bond motifs is 1. The Hall–Kier alpha value is -3.11. The molecule has 0 amide bonds. The number of methoxy groups -OCH3 is 1. The molecular weight excluding hydrogens is 312 g/mol. The molecule has 0 N–H and O–H groups in total. The molecular formula is C21H18N2O2. The molecule has 0 aliphatic carbocycles. The fourth-order valence-corrected chi connectivity index (χ4v) is 2.91. The summed E-state index contributed by atoms with van der Waals surface area (Å²) in [5.74, 6) is 1.33. The van der Waals surface area contributed by atoms with Crippen molar-refractivity contribution in [3.05, 3.63) is 78.4 Å². The zero-order chi connectivity index (χ0) is 17.1. The second-order valence-corrected chi connectivity index (χ2v) is 5.75. The van der Waals surface area contributed by atoms with Crippen molar-refractivity contribution in [2.75, 3.05) is 7.11 Å². The molecule has 0 spiro atoms. The van der Waals surface area contributed by atoms with Crippen molar-refractivity contribution in [3.8, 4) is 11.3 Å². The summed E-state index contributed by atoms with van der Waals surface area (Å²) in [6.45, 7) is 0.495. The molecule has 4 aromatic rings. The second-order valence-electron chi connectivity index (χ2n) is 5.75. The summed E-state index contributed by atoms with van der Waals surface area (Å²) in [5, 5.41) is 1.12. The zero-order valence-corrected chi connectivity index (χ0v) is 13.9. The van der Waals surface area contributed by atoms with Crippen LogP contribution in [-0.4, -0.2) is 16.7 Å². The van der Waals surface area contributed by atoms with E-state index in [2.05, 4.69) is 21.7 Å². The average Bonchev–Trinajstić information content (AvgIpc) is 3.26. The van der Waals surface area contributed by atoms with Crippen LogP contribution >= 0.6 is 0 Å². The highest BCUT2D eigenvalue weighted by molar-refractivity contribution is 5.94. The molecule has 0 aliphatic rings. The van der Waals surface area contributed by atoms with E-state index in [9.17, 15) is 0 Å². The third-order valence-corrected chi connectivity index (χ3v) is 4.06. The topological polar surface area (TPSA) is 40.2 Å². The van der Waals surface area contributed by atoms with E-state index in [0.717, 1.165) is 27.8 Å². The van der Waals surface area contributed by atoms with E-state index in [1.807, 2.05) is 60.8 Å². The Morgan fingerprint density at radius 2 is 1.84 bits per heavy atom. The lowest BCUT2D eigenvalue weighted by Crippen LogP contribution is -1.96. The summed E-state index contributed by atoms with van der Waals surface area (Å²) < 4.78 is 13.3. The maximum absolute atomic E-state index is 5.94. The van der Waals surface area contributed by atoms with Crippen LogP contribution in [0.4, 0.5) is 0 Å². The van der Waals surface area contributed by atoms with Gasteiger partial charge in [0.05, 0.1) is 11.7 Å². The van der Waals surface area contributed by atoms with Crippen LogP contribution < -0.4 is 0 Å². The number of ether oxygens (including phenoxy) is 1. The molecule has 4 nitrogen and oxygen atoms in total. The minimum Gasteiger partial charge on any atom is -0.437 e. The first-order chi connectivity index (χ1) is 12.3. The third-order valence-electron chi connectivity index (χ3n) is 4.06. The standard InChI is InChI=1S/C21H18N2O2/c1-24-15-23-14-18(17-9-5-6-10-19(17)23)20-13-22-21(25-20)12-11-16-7-3-2-4-8-16/h2-14H,15H2,1H3/b12-11+. The van der Waals surface area contributed by atoms with Gasteiger partial charge in [-0.2, -0.15) is 0 Å². The largest absolute Gasteiger partial charge is 0.437 e. The normalized spacial score (nSPS) is 11.6. The van der Waals surface area contributed by atoms with Crippen LogP contribution in [0.5, 0.6) is 0 Å². The Morgan fingerprint density at radius 3 is 2.68 bits per heavy atom. The second kappa shape index (κ2) is 6.79. The molecule has 2 aromatic carbocycles. The number of hydrogen-bond acceptors (Lipinski definition) is 3.